The molecule has 162 valence electrons. The lowest BCUT2D eigenvalue weighted by Gasteiger charge is -2.18. The highest BCUT2D eigenvalue weighted by atomic mass is 19.4. The van der Waals surface area contributed by atoms with Gasteiger partial charge in [-0.3, -0.25) is 4.79 Å². The van der Waals surface area contributed by atoms with Crippen molar-refractivity contribution < 1.29 is 27.5 Å². The summed E-state index contributed by atoms with van der Waals surface area (Å²) in [6.45, 7) is 1.58. The van der Waals surface area contributed by atoms with Gasteiger partial charge >= 0.3 is 18.1 Å². The molecule has 1 aliphatic heterocycles. The Morgan fingerprint density at radius 3 is 2.22 bits per heavy atom. The SMILES string of the molecule is CCOC(=O)C1=NC(c2ccccc2)=NN(C(=O)C(F)(F)F)C(C#Cc2ccccc2)=C1. The molecule has 0 fully saturated rings. The number of benzene rings is 2. The first-order valence-corrected chi connectivity index (χ1v) is 9.39. The van der Waals surface area contributed by atoms with Crippen molar-refractivity contribution in [3.8, 4) is 11.8 Å². The van der Waals surface area contributed by atoms with E-state index in [2.05, 4.69) is 21.9 Å². The first-order valence-electron chi connectivity index (χ1n) is 9.39. The first kappa shape index (κ1) is 22.5. The van der Waals surface area contributed by atoms with Crippen LogP contribution in [0, 0.1) is 11.8 Å². The molecule has 0 spiro atoms. The quantitative estimate of drug-likeness (QED) is 0.541. The molecule has 0 saturated carbocycles. The highest BCUT2D eigenvalue weighted by Crippen LogP contribution is 2.24. The van der Waals surface area contributed by atoms with E-state index in [0.29, 0.717) is 11.1 Å². The molecule has 3 rings (SSSR count). The van der Waals surface area contributed by atoms with E-state index < -0.39 is 23.7 Å². The largest absolute Gasteiger partial charge is 0.473 e. The van der Waals surface area contributed by atoms with Gasteiger partial charge in [-0.15, -0.1) is 5.10 Å². The van der Waals surface area contributed by atoms with Crippen molar-refractivity contribution in [1.82, 2.24) is 5.01 Å². The molecular weight excluding hydrogens is 423 g/mol. The van der Waals surface area contributed by atoms with Crippen LogP contribution in [-0.4, -0.2) is 41.2 Å². The molecule has 1 heterocycles. The van der Waals surface area contributed by atoms with Crippen LogP contribution in [0.3, 0.4) is 0 Å². The van der Waals surface area contributed by atoms with E-state index in [1.807, 2.05) is 0 Å². The fraction of sp³-hybridized carbons (Fsp3) is 0.130. The van der Waals surface area contributed by atoms with Gasteiger partial charge in [0, 0.05) is 17.2 Å². The predicted octanol–water partition coefficient (Wildman–Crippen LogP) is 3.69. The van der Waals surface area contributed by atoms with Crippen molar-refractivity contribution in [3.63, 3.8) is 0 Å². The van der Waals surface area contributed by atoms with Crippen LogP contribution in [0.4, 0.5) is 13.2 Å². The molecule has 0 saturated heterocycles. The number of allylic oxidation sites excluding steroid dienone is 1. The number of aliphatic imine (C=N–C) groups is 1. The van der Waals surface area contributed by atoms with E-state index in [9.17, 15) is 22.8 Å². The zero-order valence-corrected chi connectivity index (χ0v) is 16.8. The summed E-state index contributed by atoms with van der Waals surface area (Å²) in [5.74, 6) is 1.72. The van der Waals surface area contributed by atoms with Crippen LogP contribution in [0.2, 0.25) is 0 Å². The molecule has 0 aliphatic carbocycles. The summed E-state index contributed by atoms with van der Waals surface area (Å²) in [6, 6.07) is 16.4. The van der Waals surface area contributed by atoms with Crippen molar-refractivity contribution in [2.75, 3.05) is 6.61 Å². The maximum atomic E-state index is 13.3. The summed E-state index contributed by atoms with van der Waals surface area (Å²) in [5.41, 5.74) is -0.0444. The van der Waals surface area contributed by atoms with E-state index in [-0.39, 0.29) is 23.2 Å². The number of esters is 1. The van der Waals surface area contributed by atoms with Gasteiger partial charge in [-0.05, 0) is 25.0 Å². The van der Waals surface area contributed by atoms with E-state index in [1.54, 1.807) is 55.5 Å². The van der Waals surface area contributed by atoms with Crippen LogP contribution < -0.4 is 0 Å². The Labute approximate surface area is 181 Å². The summed E-state index contributed by atoms with van der Waals surface area (Å²) in [7, 11) is 0. The average Bonchev–Trinajstić information content (AvgIpc) is 2.98. The van der Waals surface area contributed by atoms with Crippen LogP contribution >= 0.6 is 0 Å². The Hall–Kier alpha value is -4.19. The lowest BCUT2D eigenvalue weighted by atomic mass is 10.2. The molecule has 6 nitrogen and oxygen atoms in total. The summed E-state index contributed by atoms with van der Waals surface area (Å²) in [4.78, 5) is 28.7. The fourth-order valence-electron chi connectivity index (χ4n) is 2.55. The highest BCUT2D eigenvalue weighted by molar-refractivity contribution is 6.43. The van der Waals surface area contributed by atoms with Crippen LogP contribution in [0.25, 0.3) is 0 Å². The van der Waals surface area contributed by atoms with Crippen molar-refractivity contribution >= 4 is 23.4 Å². The fourth-order valence-corrected chi connectivity index (χ4v) is 2.55. The second kappa shape index (κ2) is 9.75. The lowest BCUT2D eigenvalue weighted by molar-refractivity contribution is -0.183. The van der Waals surface area contributed by atoms with E-state index in [0.717, 1.165) is 6.08 Å². The van der Waals surface area contributed by atoms with E-state index in [4.69, 9.17) is 4.74 Å². The number of amidine groups is 1. The Morgan fingerprint density at radius 1 is 1.00 bits per heavy atom. The van der Waals surface area contributed by atoms with Gasteiger partial charge in [0.15, 0.2) is 11.5 Å². The second-order valence-corrected chi connectivity index (χ2v) is 6.27. The Kier molecular flexibility index (Phi) is 6.85. The van der Waals surface area contributed by atoms with Gasteiger partial charge < -0.3 is 4.74 Å². The first-order chi connectivity index (χ1) is 15.3. The molecule has 1 aliphatic rings. The topological polar surface area (TPSA) is 71.3 Å². The maximum absolute atomic E-state index is 13.3. The van der Waals surface area contributed by atoms with Crippen LogP contribution in [-0.2, 0) is 14.3 Å². The third kappa shape index (κ3) is 5.49. The number of hydrogen-bond acceptors (Lipinski definition) is 5. The van der Waals surface area contributed by atoms with Gasteiger partial charge in [-0.2, -0.15) is 18.2 Å². The number of hydrogen-bond donors (Lipinski definition) is 0. The van der Waals surface area contributed by atoms with Gasteiger partial charge in [0.05, 0.1) is 6.61 Å². The Morgan fingerprint density at radius 2 is 1.62 bits per heavy atom. The summed E-state index contributed by atoms with van der Waals surface area (Å²) < 4.78 is 45.0. The highest BCUT2D eigenvalue weighted by Gasteiger charge is 2.45. The van der Waals surface area contributed by atoms with Crippen LogP contribution in [0.15, 0.2) is 82.5 Å². The number of ether oxygens (including phenoxy) is 1. The van der Waals surface area contributed by atoms with Crippen LogP contribution in [0.1, 0.15) is 18.1 Å². The smallest absolute Gasteiger partial charge is 0.461 e. The number of hydrazone groups is 1. The number of nitrogens with zero attached hydrogens (tertiary/aromatic N) is 3. The van der Waals surface area contributed by atoms with Crippen LogP contribution in [0.5, 0.6) is 0 Å². The number of amides is 1. The molecule has 0 N–H and O–H groups in total. The predicted molar refractivity (Wildman–Crippen MR) is 111 cm³/mol. The van der Waals surface area contributed by atoms with Gasteiger partial charge in [0.2, 0.25) is 0 Å². The molecule has 0 aromatic heterocycles. The van der Waals surface area contributed by atoms with Gasteiger partial charge in [-0.25, -0.2) is 9.79 Å². The van der Waals surface area contributed by atoms with Gasteiger partial charge in [0.25, 0.3) is 0 Å². The van der Waals surface area contributed by atoms with Gasteiger partial charge in [-0.1, -0.05) is 54.5 Å². The maximum Gasteiger partial charge on any atom is 0.473 e. The van der Waals surface area contributed by atoms with E-state index in [1.165, 1.54) is 12.1 Å². The molecule has 32 heavy (non-hydrogen) atoms. The second-order valence-electron chi connectivity index (χ2n) is 6.27. The molecule has 0 unspecified atom stereocenters. The van der Waals surface area contributed by atoms with Crippen molar-refractivity contribution in [2.24, 2.45) is 10.1 Å². The molecule has 0 atom stereocenters. The average molecular weight is 439 g/mol. The van der Waals surface area contributed by atoms with Crippen molar-refractivity contribution in [3.05, 3.63) is 83.6 Å². The number of alkyl halides is 3. The molecule has 2 aromatic rings. The number of carbonyl (C=O) groups excluding carboxylic acids is 2. The van der Waals surface area contributed by atoms with Crippen molar-refractivity contribution in [1.29, 1.82) is 0 Å². The molecular formula is C23H16F3N3O3. The summed E-state index contributed by atoms with van der Waals surface area (Å²) >= 11 is 0. The number of halogens is 3. The lowest BCUT2D eigenvalue weighted by Crippen LogP contribution is -2.37. The molecule has 0 bridgehead atoms. The number of carbonyl (C=O) groups is 2. The minimum absolute atomic E-state index is 0.0136. The Balaban J connectivity index is 2.19. The summed E-state index contributed by atoms with van der Waals surface area (Å²) in [6.07, 6.45) is -4.29. The molecule has 9 heteroatoms. The standard InChI is InChI=1S/C23H16F3N3O3/c1-2-32-21(30)19-15-18(14-13-16-9-5-3-6-10-16)29(22(31)23(24,25)26)28-20(27-19)17-11-7-4-8-12-17/h3-12,15H,2H2,1H3. The minimum Gasteiger partial charge on any atom is -0.461 e. The summed E-state index contributed by atoms with van der Waals surface area (Å²) in [5, 5.41) is 3.92. The minimum atomic E-state index is -5.24. The monoisotopic (exact) mass is 439 g/mol. The van der Waals surface area contributed by atoms with Crippen molar-refractivity contribution in [2.45, 2.75) is 13.1 Å². The normalized spacial score (nSPS) is 13.6. The molecule has 2 aromatic carbocycles. The zero-order chi connectivity index (χ0) is 23.1. The molecule has 0 radical (unpaired) electrons. The van der Waals surface area contributed by atoms with Gasteiger partial charge in [0.1, 0.15) is 5.70 Å². The third-order valence-corrected chi connectivity index (χ3v) is 3.98. The third-order valence-electron chi connectivity index (χ3n) is 3.98. The molecule has 1 amide bonds. The number of rotatable bonds is 3. The zero-order valence-electron chi connectivity index (χ0n) is 16.8. The van der Waals surface area contributed by atoms with E-state index >= 15 is 0 Å². The Bertz CT molecular complexity index is 1160.